The fourth-order valence-electron chi connectivity index (χ4n) is 1.55. The van der Waals surface area contributed by atoms with E-state index in [4.69, 9.17) is 4.74 Å². The van der Waals surface area contributed by atoms with Crippen molar-refractivity contribution in [3.63, 3.8) is 0 Å². The number of carbonyl (C=O) groups excluding carboxylic acids is 1. The maximum absolute atomic E-state index is 11.3. The Morgan fingerprint density at radius 3 is 2.29 bits per heavy atom. The Morgan fingerprint density at radius 2 is 1.71 bits per heavy atom. The summed E-state index contributed by atoms with van der Waals surface area (Å²) in [5.74, 6) is 0.809. The van der Waals surface area contributed by atoms with E-state index >= 15 is 0 Å². The zero-order chi connectivity index (χ0) is 13.1. The third-order valence-electron chi connectivity index (χ3n) is 2.58. The lowest BCUT2D eigenvalue weighted by molar-refractivity contribution is -0.127. The van der Waals surface area contributed by atoms with Gasteiger partial charge in [-0.3, -0.25) is 4.79 Å². The van der Waals surface area contributed by atoms with Crippen LogP contribution in [0.3, 0.4) is 0 Å². The van der Waals surface area contributed by atoms with E-state index in [1.807, 2.05) is 13.8 Å². The molecule has 0 spiro atoms. The number of unbranched alkanes of at least 4 members (excludes halogenated alkanes) is 3. The standard InChI is InChI=1S/C14H29NO2/c1-12(2)9-7-5-6-8-10-15-14(16)11-17-13(3)4/h12-13H,5-11H2,1-4H3,(H,15,16). The molecule has 0 rings (SSSR count). The molecule has 0 aromatic heterocycles. The van der Waals surface area contributed by atoms with Crippen molar-refractivity contribution in [1.29, 1.82) is 0 Å². The third-order valence-corrected chi connectivity index (χ3v) is 2.58. The molecule has 0 bridgehead atoms. The van der Waals surface area contributed by atoms with Crippen molar-refractivity contribution in [1.82, 2.24) is 5.32 Å². The molecule has 1 amide bonds. The highest BCUT2D eigenvalue weighted by atomic mass is 16.5. The summed E-state index contributed by atoms with van der Waals surface area (Å²) < 4.78 is 5.21. The molecule has 1 N–H and O–H groups in total. The molecule has 0 heterocycles. The van der Waals surface area contributed by atoms with Crippen LogP contribution in [0, 0.1) is 5.92 Å². The van der Waals surface area contributed by atoms with Crippen LogP contribution in [0.1, 0.15) is 59.8 Å². The Kier molecular flexibility index (Phi) is 10.2. The van der Waals surface area contributed by atoms with Gasteiger partial charge in [0.1, 0.15) is 6.61 Å². The van der Waals surface area contributed by atoms with Crippen molar-refractivity contribution < 1.29 is 9.53 Å². The summed E-state index contributed by atoms with van der Waals surface area (Å²) in [6, 6.07) is 0. The Hall–Kier alpha value is -0.570. The second-order valence-electron chi connectivity index (χ2n) is 5.31. The first-order valence-corrected chi connectivity index (χ1v) is 6.90. The van der Waals surface area contributed by atoms with Crippen LogP contribution >= 0.6 is 0 Å². The van der Waals surface area contributed by atoms with Crippen molar-refractivity contribution in [2.75, 3.05) is 13.2 Å². The molecule has 0 aliphatic rings. The zero-order valence-corrected chi connectivity index (χ0v) is 11.9. The Balaban J connectivity index is 3.19. The predicted octanol–water partition coefficient (Wildman–Crippen LogP) is 3.13. The number of ether oxygens (including phenoxy) is 1. The highest BCUT2D eigenvalue weighted by molar-refractivity contribution is 5.77. The molecule has 0 atom stereocenters. The van der Waals surface area contributed by atoms with Gasteiger partial charge >= 0.3 is 0 Å². The van der Waals surface area contributed by atoms with Crippen LogP contribution in [0.2, 0.25) is 0 Å². The molecule has 0 aliphatic carbocycles. The minimum atomic E-state index is 0.000815. The van der Waals surface area contributed by atoms with Gasteiger partial charge in [-0.25, -0.2) is 0 Å². The molecular weight excluding hydrogens is 214 g/mol. The number of hydrogen-bond donors (Lipinski definition) is 1. The summed E-state index contributed by atoms with van der Waals surface area (Å²) >= 11 is 0. The first kappa shape index (κ1) is 16.4. The fraction of sp³-hybridized carbons (Fsp3) is 0.929. The number of hydrogen-bond acceptors (Lipinski definition) is 2. The summed E-state index contributed by atoms with van der Waals surface area (Å²) in [7, 11) is 0. The average Bonchev–Trinajstić information content (AvgIpc) is 2.24. The van der Waals surface area contributed by atoms with Gasteiger partial charge in [0.25, 0.3) is 0 Å². The van der Waals surface area contributed by atoms with Crippen LogP contribution in [-0.2, 0) is 9.53 Å². The minimum Gasteiger partial charge on any atom is -0.369 e. The minimum absolute atomic E-state index is 0.000815. The summed E-state index contributed by atoms with van der Waals surface area (Å²) in [4.78, 5) is 11.3. The lowest BCUT2D eigenvalue weighted by Crippen LogP contribution is -2.29. The molecule has 3 heteroatoms. The SMILES string of the molecule is CC(C)CCCCCCNC(=O)COC(C)C. The van der Waals surface area contributed by atoms with Gasteiger partial charge in [0.2, 0.25) is 5.91 Å². The van der Waals surface area contributed by atoms with Crippen LogP contribution < -0.4 is 5.32 Å². The van der Waals surface area contributed by atoms with E-state index in [0.29, 0.717) is 0 Å². The maximum atomic E-state index is 11.3. The molecule has 17 heavy (non-hydrogen) atoms. The molecule has 0 aromatic rings. The number of amides is 1. The number of nitrogens with one attached hydrogen (secondary N) is 1. The van der Waals surface area contributed by atoms with Gasteiger partial charge in [-0.05, 0) is 26.2 Å². The number of carbonyl (C=O) groups is 1. The van der Waals surface area contributed by atoms with Crippen molar-refractivity contribution in [2.45, 2.75) is 65.9 Å². The normalized spacial score (nSPS) is 11.2. The van der Waals surface area contributed by atoms with Crippen molar-refractivity contribution in [3.8, 4) is 0 Å². The van der Waals surface area contributed by atoms with Crippen LogP contribution in [0.4, 0.5) is 0 Å². The molecule has 102 valence electrons. The Bertz CT molecular complexity index is 191. The molecule has 0 radical (unpaired) electrons. The van der Waals surface area contributed by atoms with Crippen molar-refractivity contribution in [2.24, 2.45) is 5.92 Å². The van der Waals surface area contributed by atoms with Gasteiger partial charge in [0.05, 0.1) is 6.10 Å². The Labute approximate surface area is 106 Å². The van der Waals surface area contributed by atoms with E-state index in [1.54, 1.807) is 0 Å². The van der Waals surface area contributed by atoms with E-state index in [0.717, 1.165) is 18.9 Å². The summed E-state index contributed by atoms with van der Waals surface area (Å²) in [6.07, 6.45) is 6.30. The van der Waals surface area contributed by atoms with Gasteiger partial charge in [-0.1, -0.05) is 39.5 Å². The molecule has 3 nitrogen and oxygen atoms in total. The summed E-state index contributed by atoms with van der Waals surface area (Å²) in [5, 5.41) is 2.87. The third kappa shape index (κ3) is 13.4. The average molecular weight is 243 g/mol. The maximum Gasteiger partial charge on any atom is 0.246 e. The van der Waals surface area contributed by atoms with Crippen LogP contribution in [0.25, 0.3) is 0 Å². The molecule has 0 aliphatic heterocycles. The lowest BCUT2D eigenvalue weighted by Gasteiger charge is -2.08. The first-order valence-electron chi connectivity index (χ1n) is 6.90. The van der Waals surface area contributed by atoms with Crippen LogP contribution in [0.15, 0.2) is 0 Å². The monoisotopic (exact) mass is 243 g/mol. The van der Waals surface area contributed by atoms with E-state index in [9.17, 15) is 4.79 Å². The molecule has 0 aromatic carbocycles. The van der Waals surface area contributed by atoms with Gasteiger partial charge in [0, 0.05) is 6.54 Å². The topological polar surface area (TPSA) is 38.3 Å². The van der Waals surface area contributed by atoms with Crippen molar-refractivity contribution in [3.05, 3.63) is 0 Å². The highest BCUT2D eigenvalue weighted by Crippen LogP contribution is 2.08. The van der Waals surface area contributed by atoms with Gasteiger partial charge < -0.3 is 10.1 Å². The van der Waals surface area contributed by atoms with Crippen LogP contribution in [-0.4, -0.2) is 25.2 Å². The molecule has 0 unspecified atom stereocenters. The quantitative estimate of drug-likeness (QED) is 0.599. The van der Waals surface area contributed by atoms with E-state index in [1.165, 1.54) is 25.7 Å². The smallest absolute Gasteiger partial charge is 0.246 e. The van der Waals surface area contributed by atoms with Gasteiger partial charge in [0.15, 0.2) is 0 Å². The zero-order valence-electron chi connectivity index (χ0n) is 11.9. The Morgan fingerprint density at radius 1 is 1.06 bits per heavy atom. The summed E-state index contributed by atoms with van der Waals surface area (Å²) in [6.45, 7) is 9.35. The summed E-state index contributed by atoms with van der Waals surface area (Å²) in [5.41, 5.74) is 0. The van der Waals surface area contributed by atoms with Gasteiger partial charge in [-0.2, -0.15) is 0 Å². The fourth-order valence-corrected chi connectivity index (χ4v) is 1.55. The molecule has 0 fully saturated rings. The lowest BCUT2D eigenvalue weighted by atomic mass is 10.0. The second kappa shape index (κ2) is 10.6. The molecular formula is C14H29NO2. The first-order chi connectivity index (χ1) is 8.02. The largest absolute Gasteiger partial charge is 0.369 e. The second-order valence-corrected chi connectivity index (χ2v) is 5.31. The predicted molar refractivity (Wildman–Crippen MR) is 72.0 cm³/mol. The van der Waals surface area contributed by atoms with Crippen molar-refractivity contribution >= 4 is 5.91 Å². The molecule has 0 saturated carbocycles. The number of rotatable bonds is 10. The van der Waals surface area contributed by atoms with E-state index in [-0.39, 0.29) is 18.6 Å². The van der Waals surface area contributed by atoms with E-state index in [2.05, 4.69) is 19.2 Å². The highest BCUT2D eigenvalue weighted by Gasteiger charge is 2.02. The van der Waals surface area contributed by atoms with E-state index < -0.39 is 0 Å². The molecule has 0 saturated heterocycles. The van der Waals surface area contributed by atoms with Gasteiger partial charge in [-0.15, -0.1) is 0 Å². The van der Waals surface area contributed by atoms with Crippen LogP contribution in [0.5, 0.6) is 0 Å².